The molecule has 4 heterocycles. The Balaban J connectivity index is 1.32. The summed E-state index contributed by atoms with van der Waals surface area (Å²) >= 11 is 3.27. The smallest absolute Gasteiger partial charge is 0.406 e. The molecule has 10 nitrogen and oxygen atoms in total. The number of benzene rings is 1. The molecule has 14 heteroatoms. The second-order valence-electron chi connectivity index (χ2n) is 9.22. The summed E-state index contributed by atoms with van der Waals surface area (Å²) in [5, 5.41) is 3.40. The molecular weight excluding hydrogens is 571 g/mol. The molecule has 1 aromatic carbocycles. The largest absolute Gasteiger partial charge is 0.573 e. The molecule has 0 spiro atoms. The predicted octanol–water partition coefficient (Wildman–Crippen LogP) is 3.85. The average molecular weight is 590 g/mol. The fraction of sp³-hybridized carbons (Fsp3) is 0.292. The van der Waals surface area contributed by atoms with Crippen LogP contribution < -0.4 is 15.8 Å². The molecule has 0 unspecified atom stereocenters. The third-order valence-corrected chi connectivity index (χ3v) is 7.27. The fourth-order valence-corrected chi connectivity index (χ4v) is 5.57. The molecule has 3 N–H and O–H groups in total. The lowest BCUT2D eigenvalue weighted by Gasteiger charge is -2.27. The summed E-state index contributed by atoms with van der Waals surface area (Å²) in [5.74, 6) is -0.426. The zero-order chi connectivity index (χ0) is 26.8. The Morgan fingerprint density at radius 2 is 2.00 bits per heavy atom. The van der Waals surface area contributed by atoms with E-state index in [4.69, 9.17) is 5.73 Å². The van der Waals surface area contributed by atoms with Gasteiger partial charge in [0.25, 0.3) is 0 Å². The van der Waals surface area contributed by atoms with Gasteiger partial charge in [0.05, 0.1) is 10.9 Å². The van der Waals surface area contributed by atoms with Gasteiger partial charge in [0.15, 0.2) is 0 Å². The van der Waals surface area contributed by atoms with Crippen LogP contribution in [0.1, 0.15) is 12.8 Å². The number of alkyl halides is 3. The highest BCUT2D eigenvalue weighted by Gasteiger charge is 2.56. The summed E-state index contributed by atoms with van der Waals surface area (Å²) in [6.45, 7) is -0.196. The Morgan fingerprint density at radius 3 is 2.76 bits per heavy atom. The summed E-state index contributed by atoms with van der Waals surface area (Å²) in [4.78, 5) is 40.8. The molecule has 2 amide bonds. The lowest BCUT2D eigenvalue weighted by Crippen LogP contribution is -2.46. The first-order valence-corrected chi connectivity index (χ1v) is 12.4. The number of nitrogens with zero attached hydrogens (tertiary/aromatic N) is 5. The van der Waals surface area contributed by atoms with Crippen molar-refractivity contribution in [3.8, 4) is 5.75 Å². The highest BCUT2D eigenvalue weighted by atomic mass is 79.9. The molecule has 2 aliphatic rings. The number of aromatic nitrogens is 4. The second-order valence-corrected chi connectivity index (χ2v) is 10.0. The predicted molar refractivity (Wildman–Crippen MR) is 134 cm³/mol. The van der Waals surface area contributed by atoms with Crippen LogP contribution in [-0.2, 0) is 16.1 Å². The normalized spacial score (nSPS) is 20.5. The van der Waals surface area contributed by atoms with Crippen molar-refractivity contribution >= 4 is 61.3 Å². The fourth-order valence-electron chi connectivity index (χ4n) is 5.23. The molecule has 0 radical (unpaired) electrons. The molecule has 2 fully saturated rings. The number of nitrogen functional groups attached to an aromatic ring is 1. The minimum Gasteiger partial charge on any atom is -0.406 e. The number of pyridine rings is 1. The van der Waals surface area contributed by atoms with Crippen molar-refractivity contribution in [1.29, 1.82) is 0 Å². The summed E-state index contributed by atoms with van der Waals surface area (Å²) in [7, 11) is 0. The summed E-state index contributed by atoms with van der Waals surface area (Å²) < 4.78 is 44.7. The van der Waals surface area contributed by atoms with Gasteiger partial charge < -0.3 is 25.3 Å². The molecule has 4 aromatic rings. The van der Waals surface area contributed by atoms with E-state index in [1.807, 2.05) is 0 Å². The minimum atomic E-state index is -4.87. The lowest BCUT2D eigenvalue weighted by atomic mass is 10.1. The van der Waals surface area contributed by atoms with E-state index in [1.54, 1.807) is 27.7 Å². The standard InChI is InChI=1S/C24H19BrF3N7O3/c25-17-2-1-3-18(32-17)33-23(37)16-7-11-6-15(11)35(16)19(36)9-34-14-5-4-12(38-24(26,27)28)8-13(14)20-21(29)30-10-31-22(20)34/h1-5,8,10-11,15-16H,6-7,9H2,(H2,29,30,31)(H,32,33,37)/t11-,15-,16+/m1/s1. The number of rotatable bonds is 5. The van der Waals surface area contributed by atoms with Crippen LogP contribution in [-0.4, -0.2) is 54.7 Å². The number of anilines is 2. The van der Waals surface area contributed by atoms with Gasteiger partial charge in [0.1, 0.15) is 46.5 Å². The number of piperidine rings is 1. The Kier molecular flexibility index (Phi) is 5.67. The number of ether oxygens (including phenoxy) is 1. The van der Waals surface area contributed by atoms with Crippen LogP contribution in [0.5, 0.6) is 5.75 Å². The molecule has 1 aliphatic heterocycles. The number of hydrogen-bond acceptors (Lipinski definition) is 7. The average Bonchev–Trinajstić information content (AvgIpc) is 3.39. The first kappa shape index (κ1) is 24.4. The first-order valence-electron chi connectivity index (χ1n) is 11.6. The first-order chi connectivity index (χ1) is 18.1. The number of fused-ring (bicyclic) bond motifs is 4. The second kappa shape index (κ2) is 8.82. The molecule has 3 atom stereocenters. The van der Waals surface area contributed by atoms with Gasteiger partial charge in [-0.3, -0.25) is 9.59 Å². The number of carbonyl (C=O) groups is 2. The summed E-state index contributed by atoms with van der Waals surface area (Å²) in [5.41, 5.74) is 6.77. The van der Waals surface area contributed by atoms with Crippen molar-refractivity contribution in [3.63, 3.8) is 0 Å². The third kappa shape index (κ3) is 4.38. The molecule has 3 aromatic heterocycles. The number of likely N-dealkylation sites (tertiary alicyclic amines) is 1. The Hall–Kier alpha value is -3.94. The number of nitrogens with one attached hydrogen (secondary N) is 1. The van der Waals surface area contributed by atoms with Crippen LogP contribution in [0.2, 0.25) is 0 Å². The van der Waals surface area contributed by atoms with Gasteiger partial charge in [-0.1, -0.05) is 6.07 Å². The van der Waals surface area contributed by atoms with E-state index in [-0.39, 0.29) is 41.8 Å². The van der Waals surface area contributed by atoms with Crippen molar-refractivity contribution in [2.45, 2.75) is 37.8 Å². The maximum atomic E-state index is 13.7. The van der Waals surface area contributed by atoms with E-state index in [2.05, 4.69) is 40.9 Å². The van der Waals surface area contributed by atoms with Crippen molar-refractivity contribution in [2.75, 3.05) is 11.1 Å². The van der Waals surface area contributed by atoms with Gasteiger partial charge >= 0.3 is 6.36 Å². The van der Waals surface area contributed by atoms with E-state index in [0.29, 0.717) is 33.1 Å². The van der Waals surface area contributed by atoms with E-state index in [0.717, 1.165) is 12.5 Å². The Bertz CT molecular complexity index is 1610. The number of carbonyl (C=O) groups excluding carboxylic acids is 2. The van der Waals surface area contributed by atoms with Gasteiger partial charge in [-0.15, -0.1) is 13.2 Å². The van der Waals surface area contributed by atoms with Gasteiger partial charge in [-0.05, 0) is 65.0 Å². The number of halogens is 4. The van der Waals surface area contributed by atoms with Crippen molar-refractivity contribution in [3.05, 3.63) is 47.3 Å². The van der Waals surface area contributed by atoms with Crippen molar-refractivity contribution in [2.24, 2.45) is 5.92 Å². The number of hydrogen-bond donors (Lipinski definition) is 2. The van der Waals surface area contributed by atoms with Crippen LogP contribution in [0.4, 0.5) is 24.8 Å². The topological polar surface area (TPSA) is 128 Å². The van der Waals surface area contributed by atoms with E-state index in [9.17, 15) is 22.8 Å². The van der Waals surface area contributed by atoms with Crippen LogP contribution in [0.3, 0.4) is 0 Å². The summed E-state index contributed by atoms with van der Waals surface area (Å²) in [6, 6.07) is 8.17. The highest BCUT2D eigenvalue weighted by Crippen LogP contribution is 2.48. The number of amides is 2. The molecule has 1 aliphatic carbocycles. The van der Waals surface area contributed by atoms with E-state index in [1.165, 1.54) is 18.5 Å². The third-order valence-electron chi connectivity index (χ3n) is 6.83. The monoisotopic (exact) mass is 589 g/mol. The van der Waals surface area contributed by atoms with E-state index >= 15 is 0 Å². The maximum Gasteiger partial charge on any atom is 0.573 e. The van der Waals surface area contributed by atoms with Crippen LogP contribution >= 0.6 is 15.9 Å². The maximum absolute atomic E-state index is 13.7. The van der Waals surface area contributed by atoms with Gasteiger partial charge in [-0.2, -0.15) is 0 Å². The zero-order valence-electron chi connectivity index (χ0n) is 19.4. The Labute approximate surface area is 221 Å². The molecule has 196 valence electrons. The number of nitrogens with two attached hydrogens (primary N) is 1. The molecular formula is C24H19BrF3N7O3. The Morgan fingerprint density at radius 1 is 1.18 bits per heavy atom. The summed E-state index contributed by atoms with van der Waals surface area (Å²) in [6.07, 6.45) is -2.30. The quantitative estimate of drug-likeness (QED) is 0.338. The van der Waals surface area contributed by atoms with Crippen molar-refractivity contribution < 1.29 is 27.5 Å². The molecule has 1 saturated carbocycles. The molecule has 0 bridgehead atoms. The van der Waals surface area contributed by atoms with Gasteiger partial charge in [0, 0.05) is 11.4 Å². The van der Waals surface area contributed by atoms with Crippen molar-refractivity contribution in [1.82, 2.24) is 24.4 Å². The minimum absolute atomic E-state index is 0.0479. The van der Waals surface area contributed by atoms with Gasteiger partial charge in [0.2, 0.25) is 11.8 Å². The molecule has 6 rings (SSSR count). The zero-order valence-corrected chi connectivity index (χ0v) is 21.0. The van der Waals surface area contributed by atoms with Gasteiger partial charge in [-0.25, -0.2) is 15.0 Å². The highest BCUT2D eigenvalue weighted by molar-refractivity contribution is 9.10. The SMILES string of the molecule is Nc1ncnc2c1c1cc(OC(F)(F)F)ccc1n2CC(=O)N1[C@@H]2C[C@@H]2C[C@H]1C(=O)Nc1cccc(Br)n1. The molecule has 38 heavy (non-hydrogen) atoms. The molecule has 1 saturated heterocycles. The van der Waals surface area contributed by atoms with Crippen LogP contribution in [0.25, 0.3) is 21.9 Å². The van der Waals surface area contributed by atoms with Crippen LogP contribution in [0, 0.1) is 5.92 Å². The van der Waals surface area contributed by atoms with Crippen LogP contribution in [0.15, 0.2) is 47.3 Å². The van der Waals surface area contributed by atoms with E-state index < -0.39 is 18.2 Å². The lowest BCUT2D eigenvalue weighted by molar-refractivity contribution is -0.274.